The van der Waals surface area contributed by atoms with Crippen molar-refractivity contribution >= 4 is 39.0 Å². The van der Waals surface area contributed by atoms with Crippen molar-refractivity contribution < 1.29 is 45.0 Å². The Morgan fingerprint density at radius 1 is 1.03 bits per heavy atom. The zero-order valence-electron chi connectivity index (χ0n) is 17.4. The number of rotatable bonds is 7. The number of phenolic OH excluding ortho intramolecular Hbond substituents is 1. The minimum absolute atomic E-state index is 0. The SMILES string of the molecule is CNc1cc(S(=O)(=O)O)cc(N=N/C(=N\[N-]c2ccccc2C(=O)O)c2ccccc2)c1O.[Cu+]. The zero-order valence-corrected chi connectivity index (χ0v) is 19.2. The quantitative estimate of drug-likeness (QED) is 0.0658. The van der Waals surface area contributed by atoms with Gasteiger partial charge in [0, 0.05) is 18.2 Å². The Labute approximate surface area is 205 Å². The van der Waals surface area contributed by atoms with Gasteiger partial charge >= 0.3 is 23.0 Å². The summed E-state index contributed by atoms with van der Waals surface area (Å²) in [5.74, 6) is -1.63. The summed E-state index contributed by atoms with van der Waals surface area (Å²) in [6.45, 7) is 0. The molecule has 3 aromatic rings. The molecule has 0 aromatic heterocycles. The summed E-state index contributed by atoms with van der Waals surface area (Å²) >= 11 is 0. The summed E-state index contributed by atoms with van der Waals surface area (Å²) in [5, 5.41) is 34.2. The fourth-order valence-corrected chi connectivity index (χ4v) is 3.20. The van der Waals surface area contributed by atoms with E-state index in [1.165, 1.54) is 19.2 Å². The standard InChI is InChI=1S/C21H19N5O6S.Cu/c1-22-17-11-14(33(30,31)32)12-18(19(17)27)24-26-20(13-7-3-2-4-8-13)25-23-16-10-6-5-9-15(16)21(28)29;/h2-12H,1H3,(H5,22,23,24,25,26,27,28,29,30,31,32);/q;+1/p-1. The molecule has 0 aliphatic rings. The topological polar surface area (TPSA) is 175 Å². The minimum atomic E-state index is -4.58. The average Bonchev–Trinajstić information content (AvgIpc) is 2.80. The van der Waals surface area contributed by atoms with Gasteiger partial charge in [-0.25, -0.2) is 4.79 Å². The number of azo groups is 1. The predicted molar refractivity (Wildman–Crippen MR) is 121 cm³/mol. The van der Waals surface area contributed by atoms with Gasteiger partial charge in [-0.05, 0) is 18.2 Å². The van der Waals surface area contributed by atoms with Gasteiger partial charge in [0.1, 0.15) is 5.69 Å². The Morgan fingerprint density at radius 3 is 2.29 bits per heavy atom. The molecule has 0 radical (unpaired) electrons. The van der Waals surface area contributed by atoms with Gasteiger partial charge in [-0.1, -0.05) is 48.5 Å². The molecule has 0 amide bonds. The molecule has 3 aromatic carbocycles. The van der Waals surface area contributed by atoms with Gasteiger partial charge in [0.15, 0.2) is 11.6 Å². The molecule has 34 heavy (non-hydrogen) atoms. The Hall–Kier alpha value is -3.77. The Kier molecular flexibility index (Phi) is 8.87. The first kappa shape index (κ1) is 26.5. The number of hydrogen-bond acceptors (Lipinski definition) is 7. The van der Waals surface area contributed by atoms with Gasteiger partial charge in [-0.2, -0.15) is 8.42 Å². The van der Waals surface area contributed by atoms with Gasteiger partial charge in [0.05, 0.1) is 10.6 Å². The second-order valence-electron chi connectivity index (χ2n) is 6.48. The second-order valence-corrected chi connectivity index (χ2v) is 7.90. The fourth-order valence-electron chi connectivity index (χ4n) is 2.68. The minimum Gasteiger partial charge on any atom is -0.573 e. The zero-order chi connectivity index (χ0) is 24.0. The molecule has 3 rings (SSSR count). The van der Waals surface area contributed by atoms with Crippen LogP contribution in [0.4, 0.5) is 17.1 Å². The van der Waals surface area contributed by atoms with Crippen molar-refractivity contribution in [1.82, 2.24) is 0 Å². The van der Waals surface area contributed by atoms with Crippen LogP contribution < -0.4 is 5.32 Å². The van der Waals surface area contributed by atoms with E-state index in [-0.39, 0.29) is 45.5 Å². The van der Waals surface area contributed by atoms with E-state index in [1.807, 2.05) is 0 Å². The van der Waals surface area contributed by atoms with E-state index in [1.54, 1.807) is 42.5 Å². The molecule has 0 heterocycles. The molecule has 0 saturated carbocycles. The first-order valence-corrected chi connectivity index (χ1v) is 10.7. The van der Waals surface area contributed by atoms with Crippen LogP contribution in [-0.4, -0.2) is 42.0 Å². The summed E-state index contributed by atoms with van der Waals surface area (Å²) in [6.07, 6.45) is 0. The number of carboxylic acid groups (broad SMARTS) is 1. The molecule has 0 fully saturated rings. The molecule has 180 valence electrons. The van der Waals surface area contributed by atoms with E-state index in [4.69, 9.17) is 0 Å². The molecule has 0 atom stereocenters. The second kappa shape index (κ2) is 11.4. The predicted octanol–water partition coefficient (Wildman–Crippen LogP) is 4.53. The Morgan fingerprint density at radius 2 is 1.68 bits per heavy atom. The third kappa shape index (κ3) is 6.39. The van der Waals surface area contributed by atoms with Gasteiger partial charge < -0.3 is 26.1 Å². The Balaban J connectivity index is 0.00000408. The van der Waals surface area contributed by atoms with Crippen LogP contribution in [0, 0.1) is 0 Å². The number of carbonyl (C=O) groups is 1. The molecule has 13 heteroatoms. The third-order valence-electron chi connectivity index (χ3n) is 4.30. The van der Waals surface area contributed by atoms with Crippen LogP contribution in [0.3, 0.4) is 0 Å². The monoisotopic (exact) mass is 531 g/mol. The average molecular weight is 532 g/mol. The van der Waals surface area contributed by atoms with Gasteiger partial charge in [-0.15, -0.1) is 15.9 Å². The van der Waals surface area contributed by atoms with Crippen molar-refractivity contribution in [3.05, 3.63) is 83.3 Å². The smallest absolute Gasteiger partial charge is 0.573 e. The van der Waals surface area contributed by atoms with Crippen LogP contribution in [0.25, 0.3) is 5.43 Å². The van der Waals surface area contributed by atoms with E-state index >= 15 is 0 Å². The molecule has 0 spiro atoms. The number of hydrogen-bond donors (Lipinski definition) is 4. The van der Waals surface area contributed by atoms with Crippen molar-refractivity contribution in [1.29, 1.82) is 0 Å². The van der Waals surface area contributed by atoms with Crippen LogP contribution in [0.1, 0.15) is 15.9 Å². The van der Waals surface area contributed by atoms with E-state index in [0.29, 0.717) is 5.56 Å². The first-order chi connectivity index (χ1) is 15.7. The molecular weight excluding hydrogens is 514 g/mol. The summed E-state index contributed by atoms with van der Waals surface area (Å²) in [5.41, 5.74) is 4.20. The fraction of sp³-hybridized carbons (Fsp3) is 0.0476. The van der Waals surface area contributed by atoms with Gasteiger partial charge in [0.25, 0.3) is 10.1 Å². The van der Waals surface area contributed by atoms with Gasteiger partial charge in [0.2, 0.25) is 0 Å². The number of nitrogens with zero attached hydrogens (tertiary/aromatic N) is 4. The van der Waals surface area contributed by atoms with Crippen molar-refractivity contribution in [3.63, 3.8) is 0 Å². The number of nitrogens with one attached hydrogen (secondary N) is 1. The molecule has 0 unspecified atom stereocenters. The van der Waals surface area contributed by atoms with Crippen molar-refractivity contribution in [3.8, 4) is 5.75 Å². The van der Waals surface area contributed by atoms with E-state index < -0.39 is 26.7 Å². The van der Waals surface area contributed by atoms with E-state index in [2.05, 4.69) is 26.1 Å². The van der Waals surface area contributed by atoms with Crippen LogP contribution >= 0.6 is 0 Å². The maximum absolute atomic E-state index is 11.6. The van der Waals surface area contributed by atoms with Crippen molar-refractivity contribution in [2.75, 3.05) is 12.4 Å². The third-order valence-corrected chi connectivity index (χ3v) is 5.13. The number of phenols is 1. The number of aromatic hydroxyl groups is 1. The molecule has 0 aliphatic carbocycles. The largest absolute Gasteiger partial charge is 1.00 e. The van der Waals surface area contributed by atoms with Crippen LogP contribution in [0.2, 0.25) is 0 Å². The number of anilines is 1. The molecule has 4 N–H and O–H groups in total. The summed E-state index contributed by atoms with van der Waals surface area (Å²) in [6, 6.07) is 16.5. The summed E-state index contributed by atoms with van der Waals surface area (Å²) in [7, 11) is -3.14. The van der Waals surface area contributed by atoms with Crippen LogP contribution in [-0.2, 0) is 27.2 Å². The van der Waals surface area contributed by atoms with Crippen LogP contribution in [0.5, 0.6) is 5.75 Å². The van der Waals surface area contributed by atoms with Crippen molar-refractivity contribution in [2.45, 2.75) is 4.90 Å². The molecule has 0 aliphatic heterocycles. The van der Waals surface area contributed by atoms with Gasteiger partial charge in [-0.3, -0.25) is 4.55 Å². The number of carboxylic acids is 1. The normalized spacial score (nSPS) is 11.6. The molecule has 0 bridgehead atoms. The van der Waals surface area contributed by atoms with E-state index in [0.717, 1.165) is 12.1 Å². The number of amidine groups is 1. The van der Waals surface area contributed by atoms with Crippen molar-refractivity contribution in [2.24, 2.45) is 15.3 Å². The molecule has 0 saturated heterocycles. The maximum atomic E-state index is 11.6. The maximum Gasteiger partial charge on any atom is 1.00 e. The molecular formula is C21H18CuN5O6S. The first-order valence-electron chi connectivity index (χ1n) is 9.31. The number of aromatic carboxylic acids is 1. The summed E-state index contributed by atoms with van der Waals surface area (Å²) in [4.78, 5) is 10.9. The number of benzene rings is 3. The molecule has 11 nitrogen and oxygen atoms in total. The van der Waals surface area contributed by atoms with Crippen LogP contribution in [0.15, 0.2) is 87.0 Å². The van der Waals surface area contributed by atoms with E-state index in [9.17, 15) is 28.0 Å². The summed E-state index contributed by atoms with van der Waals surface area (Å²) < 4.78 is 32.5. The Bertz CT molecular complexity index is 1350.